The normalized spacial score (nSPS) is 10.4. The van der Waals surface area contributed by atoms with Crippen molar-refractivity contribution in [1.29, 1.82) is 0 Å². The van der Waals surface area contributed by atoms with Crippen molar-refractivity contribution in [2.24, 2.45) is 7.05 Å². The molecule has 5 nitrogen and oxygen atoms in total. The van der Waals surface area contributed by atoms with E-state index in [0.717, 1.165) is 5.69 Å². The SMILES string of the molecule is Cn1c(CNC(=O)CCl)cc(=O)n1-c1ccccc1. The third-order valence-electron chi connectivity index (χ3n) is 2.80. The van der Waals surface area contributed by atoms with Crippen molar-refractivity contribution < 1.29 is 4.79 Å². The third-order valence-corrected chi connectivity index (χ3v) is 3.05. The van der Waals surface area contributed by atoms with E-state index >= 15 is 0 Å². The summed E-state index contributed by atoms with van der Waals surface area (Å²) in [4.78, 5) is 23.1. The van der Waals surface area contributed by atoms with Crippen molar-refractivity contribution in [3.63, 3.8) is 0 Å². The van der Waals surface area contributed by atoms with E-state index in [1.54, 1.807) is 16.4 Å². The first kappa shape index (κ1) is 13.4. The second-order valence-corrected chi connectivity index (χ2v) is 4.32. The van der Waals surface area contributed by atoms with E-state index in [9.17, 15) is 9.59 Å². The number of carbonyl (C=O) groups excluding carboxylic acids is 1. The number of halogens is 1. The minimum Gasteiger partial charge on any atom is -0.349 e. The number of nitrogens with zero attached hydrogens (tertiary/aromatic N) is 2. The van der Waals surface area contributed by atoms with E-state index < -0.39 is 0 Å². The summed E-state index contributed by atoms with van der Waals surface area (Å²) in [5.41, 5.74) is 1.36. The standard InChI is InChI=1S/C13H14ClN3O2/c1-16-11(9-15-12(18)8-14)7-13(19)17(16)10-5-3-2-4-6-10/h2-7H,8-9H2,1H3,(H,15,18). The molecule has 0 bridgehead atoms. The molecule has 100 valence electrons. The maximum atomic E-state index is 12.0. The summed E-state index contributed by atoms with van der Waals surface area (Å²) in [7, 11) is 1.77. The molecular formula is C13H14ClN3O2. The van der Waals surface area contributed by atoms with Crippen molar-refractivity contribution in [3.8, 4) is 5.69 Å². The van der Waals surface area contributed by atoms with E-state index in [0.29, 0.717) is 5.69 Å². The van der Waals surface area contributed by atoms with E-state index in [4.69, 9.17) is 11.6 Å². The van der Waals surface area contributed by atoms with Crippen LogP contribution >= 0.6 is 11.6 Å². The Morgan fingerprint density at radius 2 is 2.00 bits per heavy atom. The Balaban J connectivity index is 2.30. The molecule has 2 aromatic rings. The van der Waals surface area contributed by atoms with E-state index in [1.807, 2.05) is 30.3 Å². The van der Waals surface area contributed by atoms with Gasteiger partial charge in [0.25, 0.3) is 5.56 Å². The highest BCUT2D eigenvalue weighted by atomic mass is 35.5. The van der Waals surface area contributed by atoms with Crippen LogP contribution in [0.3, 0.4) is 0 Å². The zero-order valence-electron chi connectivity index (χ0n) is 10.5. The highest BCUT2D eigenvalue weighted by molar-refractivity contribution is 6.27. The van der Waals surface area contributed by atoms with Gasteiger partial charge in [0.05, 0.1) is 17.9 Å². The van der Waals surface area contributed by atoms with E-state index in [2.05, 4.69) is 5.32 Å². The molecule has 0 aliphatic rings. The van der Waals surface area contributed by atoms with E-state index in [1.165, 1.54) is 6.07 Å². The zero-order chi connectivity index (χ0) is 13.8. The fraction of sp³-hybridized carbons (Fsp3) is 0.231. The minimum atomic E-state index is -0.262. The van der Waals surface area contributed by atoms with Crippen molar-refractivity contribution in [3.05, 3.63) is 52.4 Å². The van der Waals surface area contributed by atoms with Crippen molar-refractivity contribution in [2.75, 3.05) is 5.88 Å². The minimum absolute atomic E-state index is 0.0899. The van der Waals surface area contributed by atoms with Crippen LogP contribution < -0.4 is 10.9 Å². The lowest BCUT2D eigenvalue weighted by molar-refractivity contribution is -0.118. The lowest BCUT2D eigenvalue weighted by Gasteiger charge is -2.10. The summed E-state index contributed by atoms with van der Waals surface area (Å²) in [5.74, 6) is -0.352. The quantitative estimate of drug-likeness (QED) is 0.850. The van der Waals surface area contributed by atoms with Gasteiger partial charge in [0, 0.05) is 13.1 Å². The molecule has 1 heterocycles. The number of para-hydroxylation sites is 1. The first-order valence-corrected chi connectivity index (χ1v) is 6.33. The Bertz CT molecular complexity index is 631. The lowest BCUT2D eigenvalue weighted by atomic mass is 10.3. The first-order valence-electron chi connectivity index (χ1n) is 5.79. The highest BCUT2D eigenvalue weighted by Crippen LogP contribution is 2.06. The number of benzene rings is 1. The summed E-state index contributed by atoms with van der Waals surface area (Å²) in [5, 5.41) is 2.64. The molecule has 0 aliphatic carbocycles. The van der Waals surface area contributed by atoms with Gasteiger partial charge in [-0.3, -0.25) is 14.3 Å². The number of carbonyl (C=O) groups is 1. The summed E-state index contributed by atoms with van der Waals surface area (Å²) < 4.78 is 3.26. The molecule has 0 atom stereocenters. The number of rotatable bonds is 4. The molecule has 1 aromatic heterocycles. The predicted octanol–water partition coefficient (Wildman–Crippen LogP) is 1.03. The molecule has 0 fully saturated rings. The third kappa shape index (κ3) is 2.88. The number of hydrogen-bond acceptors (Lipinski definition) is 2. The number of alkyl halides is 1. The summed E-state index contributed by atoms with van der Waals surface area (Å²) in [6.07, 6.45) is 0. The molecular weight excluding hydrogens is 266 g/mol. The van der Waals surface area contributed by atoms with Crippen LogP contribution in [0.2, 0.25) is 0 Å². The number of hydrogen-bond donors (Lipinski definition) is 1. The Kier molecular flexibility index (Phi) is 4.06. The molecule has 0 saturated carbocycles. The zero-order valence-corrected chi connectivity index (χ0v) is 11.2. The molecule has 2 rings (SSSR count). The molecule has 1 amide bonds. The van der Waals surface area contributed by atoms with Crippen LogP contribution in [0.25, 0.3) is 5.69 Å². The smallest absolute Gasteiger partial charge is 0.271 e. The molecule has 19 heavy (non-hydrogen) atoms. The Morgan fingerprint density at radius 1 is 1.32 bits per heavy atom. The largest absolute Gasteiger partial charge is 0.349 e. The summed E-state index contributed by atoms with van der Waals surface area (Å²) in [6, 6.07) is 10.8. The van der Waals surface area contributed by atoms with Gasteiger partial charge in [-0.15, -0.1) is 11.6 Å². The van der Waals surface area contributed by atoms with Crippen LogP contribution in [0.4, 0.5) is 0 Å². The average molecular weight is 280 g/mol. The highest BCUT2D eigenvalue weighted by Gasteiger charge is 2.10. The molecule has 0 aliphatic heterocycles. The van der Waals surface area contributed by atoms with Crippen LogP contribution in [-0.2, 0) is 18.4 Å². The van der Waals surface area contributed by atoms with Gasteiger partial charge in [-0.2, -0.15) is 0 Å². The maximum Gasteiger partial charge on any atom is 0.271 e. The molecule has 0 unspecified atom stereocenters. The Labute approximate surface area is 115 Å². The Morgan fingerprint density at radius 3 is 2.63 bits per heavy atom. The summed E-state index contributed by atoms with van der Waals surface area (Å²) in [6.45, 7) is 0.275. The number of amides is 1. The van der Waals surface area contributed by atoms with Gasteiger partial charge >= 0.3 is 0 Å². The van der Waals surface area contributed by atoms with Gasteiger partial charge in [-0.05, 0) is 12.1 Å². The molecule has 0 radical (unpaired) electrons. The van der Waals surface area contributed by atoms with Gasteiger partial charge < -0.3 is 5.32 Å². The van der Waals surface area contributed by atoms with Crippen LogP contribution in [0, 0.1) is 0 Å². The second kappa shape index (κ2) is 5.75. The number of nitrogens with one attached hydrogen (secondary N) is 1. The molecule has 1 N–H and O–H groups in total. The van der Waals surface area contributed by atoms with Crippen LogP contribution in [0.1, 0.15) is 5.69 Å². The summed E-state index contributed by atoms with van der Waals surface area (Å²) >= 11 is 5.40. The van der Waals surface area contributed by atoms with Crippen LogP contribution in [-0.4, -0.2) is 21.2 Å². The fourth-order valence-corrected chi connectivity index (χ4v) is 1.94. The van der Waals surface area contributed by atoms with Gasteiger partial charge in [0.15, 0.2) is 0 Å². The average Bonchev–Trinajstić information content (AvgIpc) is 2.71. The van der Waals surface area contributed by atoms with Gasteiger partial charge in [0.1, 0.15) is 5.88 Å². The monoisotopic (exact) mass is 279 g/mol. The Hall–Kier alpha value is -2.01. The maximum absolute atomic E-state index is 12.0. The first-order chi connectivity index (χ1) is 9.13. The fourth-order valence-electron chi connectivity index (χ4n) is 1.84. The van der Waals surface area contributed by atoms with Crippen LogP contribution in [0.15, 0.2) is 41.2 Å². The molecule has 0 saturated heterocycles. The van der Waals surface area contributed by atoms with E-state index in [-0.39, 0.29) is 23.9 Å². The second-order valence-electron chi connectivity index (χ2n) is 4.06. The van der Waals surface area contributed by atoms with Gasteiger partial charge in [0.2, 0.25) is 5.91 Å². The van der Waals surface area contributed by atoms with Gasteiger partial charge in [-0.25, -0.2) is 4.68 Å². The molecule has 1 aromatic carbocycles. The van der Waals surface area contributed by atoms with Crippen molar-refractivity contribution in [2.45, 2.75) is 6.54 Å². The van der Waals surface area contributed by atoms with Crippen molar-refractivity contribution in [1.82, 2.24) is 14.7 Å². The number of aromatic nitrogens is 2. The topological polar surface area (TPSA) is 56.0 Å². The van der Waals surface area contributed by atoms with Crippen molar-refractivity contribution >= 4 is 17.5 Å². The van der Waals surface area contributed by atoms with Crippen LogP contribution in [0.5, 0.6) is 0 Å². The molecule has 0 spiro atoms. The predicted molar refractivity (Wildman–Crippen MR) is 73.6 cm³/mol. The van der Waals surface area contributed by atoms with Gasteiger partial charge in [-0.1, -0.05) is 18.2 Å². The molecule has 6 heteroatoms. The lowest BCUT2D eigenvalue weighted by Crippen LogP contribution is -2.25.